The Morgan fingerprint density at radius 3 is 1.28 bits per heavy atom. The number of nitrogens with zero attached hydrogens (tertiary/aromatic N) is 5. The fourth-order valence-corrected chi connectivity index (χ4v) is 8.94. The average molecular weight is 766 g/mol. The Kier molecular flexibility index (Phi) is 8.05. The van der Waals surface area contributed by atoms with Crippen LogP contribution in [-0.4, -0.2) is 15.0 Å². The number of fused-ring (bicyclic) bond motifs is 9. The smallest absolute Gasteiger partial charge is 0.164 e. The lowest BCUT2D eigenvalue weighted by Gasteiger charge is -2.40. The minimum absolute atomic E-state index is 0.456. The average Bonchev–Trinajstić information content (AvgIpc) is 3.62. The predicted molar refractivity (Wildman–Crippen MR) is 234 cm³/mol. The monoisotopic (exact) mass is 765 g/mol. The van der Waals surface area contributed by atoms with Gasteiger partial charge in [-0.15, -0.1) is 0 Å². The summed E-state index contributed by atoms with van der Waals surface area (Å²) in [6, 6.07) is 68.1. The second-order valence-corrected chi connectivity index (χ2v) is 15.0. The normalized spacial score (nSPS) is 12.6. The van der Waals surface area contributed by atoms with E-state index in [9.17, 15) is 10.5 Å². The van der Waals surface area contributed by atoms with E-state index < -0.39 is 5.41 Å². The number of aromatic nitrogens is 3. The first kappa shape index (κ1) is 34.8. The highest BCUT2D eigenvalue weighted by molar-refractivity contribution is 5.90. The number of hydrogen-bond acceptors (Lipinski definition) is 6. The van der Waals surface area contributed by atoms with Crippen LogP contribution in [0.5, 0.6) is 11.5 Å². The summed E-state index contributed by atoms with van der Waals surface area (Å²) in [6.07, 6.45) is 0. The molecule has 0 saturated heterocycles. The molecule has 0 radical (unpaired) electrons. The molecule has 1 aliphatic heterocycles. The number of nitriles is 2. The van der Waals surface area contributed by atoms with Gasteiger partial charge in [0.1, 0.15) is 11.5 Å². The van der Waals surface area contributed by atoms with E-state index in [-0.39, 0.29) is 0 Å². The summed E-state index contributed by atoms with van der Waals surface area (Å²) in [6.45, 7) is 0. The van der Waals surface area contributed by atoms with E-state index in [0.29, 0.717) is 28.6 Å². The first-order valence-electron chi connectivity index (χ1n) is 19.7. The number of ether oxygens (including phenoxy) is 1. The summed E-state index contributed by atoms with van der Waals surface area (Å²) in [5, 5.41) is 19.2. The van der Waals surface area contributed by atoms with Gasteiger partial charge in [0.2, 0.25) is 0 Å². The van der Waals surface area contributed by atoms with Gasteiger partial charge in [0, 0.05) is 27.8 Å². The van der Waals surface area contributed by atoms with Crippen molar-refractivity contribution in [3.8, 4) is 91.2 Å². The molecule has 1 aromatic heterocycles. The van der Waals surface area contributed by atoms with Gasteiger partial charge in [0.05, 0.1) is 28.7 Å². The number of hydrogen-bond donors (Lipinski definition) is 0. The van der Waals surface area contributed by atoms with Crippen molar-refractivity contribution in [1.29, 1.82) is 10.5 Å². The summed E-state index contributed by atoms with van der Waals surface area (Å²) >= 11 is 0. The zero-order valence-corrected chi connectivity index (χ0v) is 32.0. The molecule has 0 unspecified atom stereocenters. The zero-order chi connectivity index (χ0) is 40.2. The molecule has 0 bridgehead atoms. The molecular formula is C54H31N5O. The highest BCUT2D eigenvalue weighted by Gasteiger charge is 2.51. The maximum atomic E-state index is 9.59. The summed E-state index contributed by atoms with van der Waals surface area (Å²) < 4.78 is 6.88. The molecule has 6 heteroatoms. The molecule has 0 fully saturated rings. The Morgan fingerprint density at radius 1 is 0.350 bits per heavy atom. The van der Waals surface area contributed by atoms with E-state index in [2.05, 4.69) is 103 Å². The van der Waals surface area contributed by atoms with Gasteiger partial charge in [-0.3, -0.25) is 0 Å². The zero-order valence-electron chi connectivity index (χ0n) is 32.0. The molecule has 11 rings (SSSR count). The molecular weight excluding hydrogens is 735 g/mol. The Hall–Kier alpha value is -8.45. The molecule has 0 saturated carbocycles. The SMILES string of the molecule is N#Cc1cc(C#N)cc(-c2ccc(-c3ccc4c(c3)C3(c5cc(-c6nc(-c7ccccc7)nc(-c7ccccc7)n6)ccc5O4)c4ccccc4-c4ccccc43)cc2)c1. The summed E-state index contributed by atoms with van der Waals surface area (Å²) in [7, 11) is 0. The highest BCUT2D eigenvalue weighted by atomic mass is 16.5. The van der Waals surface area contributed by atoms with E-state index >= 15 is 0 Å². The summed E-state index contributed by atoms with van der Waals surface area (Å²) in [4.78, 5) is 15.2. The van der Waals surface area contributed by atoms with Crippen molar-refractivity contribution in [2.45, 2.75) is 5.41 Å². The van der Waals surface area contributed by atoms with Crippen molar-refractivity contribution in [3.63, 3.8) is 0 Å². The van der Waals surface area contributed by atoms with Crippen LogP contribution in [-0.2, 0) is 5.41 Å². The van der Waals surface area contributed by atoms with E-state index in [4.69, 9.17) is 19.7 Å². The standard InChI is InChI=1S/C54H31N5O/c55-32-34-27-35(33-56)29-42(28-34)37-21-19-36(20-22-37)40-23-25-49-47(30-40)54(45-17-9-7-15-43(45)44-16-8-10-18-46(44)54)48-31-41(24-26-50(48)60-49)53-58-51(38-11-3-1-4-12-38)57-52(59-53)39-13-5-2-6-14-39/h1-31H. The van der Waals surface area contributed by atoms with Crippen LogP contribution < -0.4 is 4.74 Å². The quantitative estimate of drug-likeness (QED) is 0.173. The molecule has 0 amide bonds. The second kappa shape index (κ2) is 13.9. The van der Waals surface area contributed by atoms with Crippen molar-refractivity contribution < 1.29 is 4.74 Å². The summed E-state index contributed by atoms with van der Waals surface area (Å²) in [5.41, 5.74) is 13.4. The van der Waals surface area contributed by atoms with E-state index in [0.717, 1.165) is 61.6 Å². The Labute approximate surface area is 347 Å². The lowest BCUT2D eigenvalue weighted by Crippen LogP contribution is -2.32. The van der Waals surface area contributed by atoms with Gasteiger partial charge in [-0.25, -0.2) is 15.0 Å². The maximum Gasteiger partial charge on any atom is 0.164 e. The molecule has 9 aromatic rings. The molecule has 0 N–H and O–H groups in total. The van der Waals surface area contributed by atoms with E-state index in [1.165, 1.54) is 22.3 Å². The molecule has 2 aliphatic rings. The van der Waals surface area contributed by atoms with E-state index in [1.807, 2.05) is 91.0 Å². The van der Waals surface area contributed by atoms with Gasteiger partial charge < -0.3 is 4.74 Å². The Bertz CT molecular complexity index is 3120. The third-order valence-corrected chi connectivity index (χ3v) is 11.6. The molecule has 60 heavy (non-hydrogen) atoms. The molecule has 8 aromatic carbocycles. The van der Waals surface area contributed by atoms with Crippen LogP contribution >= 0.6 is 0 Å². The van der Waals surface area contributed by atoms with Gasteiger partial charge in [-0.05, 0) is 93.0 Å². The van der Waals surface area contributed by atoms with Crippen molar-refractivity contribution in [2.75, 3.05) is 0 Å². The van der Waals surface area contributed by atoms with Crippen LogP contribution in [0.2, 0.25) is 0 Å². The van der Waals surface area contributed by atoms with Crippen molar-refractivity contribution in [3.05, 3.63) is 221 Å². The first-order valence-corrected chi connectivity index (χ1v) is 19.7. The third kappa shape index (κ3) is 5.51. The van der Waals surface area contributed by atoms with Crippen LogP contribution in [0, 0.1) is 22.7 Å². The topological polar surface area (TPSA) is 95.5 Å². The molecule has 6 nitrogen and oxygen atoms in total. The van der Waals surface area contributed by atoms with Crippen LogP contribution in [0.1, 0.15) is 33.4 Å². The van der Waals surface area contributed by atoms with Crippen LogP contribution in [0.3, 0.4) is 0 Å². The third-order valence-electron chi connectivity index (χ3n) is 11.6. The molecule has 2 heterocycles. The largest absolute Gasteiger partial charge is 0.457 e. The number of benzene rings is 8. The van der Waals surface area contributed by atoms with Crippen LogP contribution in [0.4, 0.5) is 0 Å². The van der Waals surface area contributed by atoms with Gasteiger partial charge in [-0.2, -0.15) is 10.5 Å². The van der Waals surface area contributed by atoms with Gasteiger partial charge in [0.25, 0.3) is 0 Å². The minimum Gasteiger partial charge on any atom is -0.457 e. The lowest BCUT2D eigenvalue weighted by atomic mass is 9.65. The summed E-state index contributed by atoms with van der Waals surface area (Å²) in [5.74, 6) is 3.33. The molecule has 1 spiro atoms. The van der Waals surface area contributed by atoms with Crippen LogP contribution in [0.15, 0.2) is 188 Å². The van der Waals surface area contributed by atoms with Crippen molar-refractivity contribution in [1.82, 2.24) is 15.0 Å². The van der Waals surface area contributed by atoms with Crippen molar-refractivity contribution >= 4 is 0 Å². The first-order chi connectivity index (χ1) is 29.6. The highest BCUT2D eigenvalue weighted by Crippen LogP contribution is 2.62. The maximum absolute atomic E-state index is 9.59. The minimum atomic E-state index is -0.731. The lowest BCUT2D eigenvalue weighted by molar-refractivity contribution is 0.436. The molecule has 1 aliphatic carbocycles. The fraction of sp³-hybridized carbons (Fsp3) is 0.0185. The van der Waals surface area contributed by atoms with Gasteiger partial charge >= 0.3 is 0 Å². The number of rotatable bonds is 5. The van der Waals surface area contributed by atoms with Crippen molar-refractivity contribution in [2.24, 2.45) is 0 Å². The Morgan fingerprint density at radius 2 is 0.767 bits per heavy atom. The Balaban J connectivity index is 1.11. The molecule has 278 valence electrons. The molecule has 0 atom stereocenters. The fourth-order valence-electron chi connectivity index (χ4n) is 8.94. The van der Waals surface area contributed by atoms with E-state index in [1.54, 1.807) is 6.07 Å². The van der Waals surface area contributed by atoms with Gasteiger partial charge in [-0.1, -0.05) is 140 Å². The van der Waals surface area contributed by atoms with Crippen LogP contribution in [0.25, 0.3) is 67.5 Å². The van der Waals surface area contributed by atoms with Gasteiger partial charge in [0.15, 0.2) is 17.5 Å². The second-order valence-electron chi connectivity index (χ2n) is 15.0. The predicted octanol–water partition coefficient (Wildman–Crippen LogP) is 12.4.